The number of benzene rings is 1. The fourth-order valence-corrected chi connectivity index (χ4v) is 4.38. The standard InChI is InChI=1S/C18H28N4O4S.HI/c1-19-18(20-10-5-12-26-16-6-3-2-4-7-16)21-11-8-17(23)22-15-9-13-27(24,25)14-15;/h2-4,6-7,15H,5,8-14H2,1H3,(H,22,23)(H2,19,20,21);1H. The minimum atomic E-state index is -2.98. The average Bonchev–Trinajstić information content (AvgIpc) is 2.99. The zero-order valence-corrected chi connectivity index (χ0v) is 19.2. The minimum absolute atomic E-state index is 0. The van der Waals surface area contributed by atoms with Crippen LogP contribution >= 0.6 is 24.0 Å². The van der Waals surface area contributed by atoms with E-state index in [2.05, 4.69) is 20.9 Å². The zero-order chi connectivity index (χ0) is 19.5. The van der Waals surface area contributed by atoms with E-state index in [1.165, 1.54) is 0 Å². The summed E-state index contributed by atoms with van der Waals surface area (Å²) in [6, 6.07) is 9.38. The van der Waals surface area contributed by atoms with Crippen LogP contribution < -0.4 is 20.7 Å². The molecule has 1 aliphatic heterocycles. The second-order valence-electron chi connectivity index (χ2n) is 6.36. The van der Waals surface area contributed by atoms with Crippen LogP contribution in [0.15, 0.2) is 35.3 Å². The molecule has 28 heavy (non-hydrogen) atoms. The molecule has 1 aliphatic rings. The van der Waals surface area contributed by atoms with Gasteiger partial charge in [0.25, 0.3) is 0 Å². The molecule has 0 radical (unpaired) electrons. The summed E-state index contributed by atoms with van der Waals surface area (Å²) in [5.74, 6) is 1.50. The number of hydrogen-bond donors (Lipinski definition) is 3. The van der Waals surface area contributed by atoms with Crippen molar-refractivity contribution in [2.24, 2.45) is 4.99 Å². The van der Waals surface area contributed by atoms with E-state index in [9.17, 15) is 13.2 Å². The molecule has 3 N–H and O–H groups in total. The van der Waals surface area contributed by atoms with Gasteiger partial charge in [0.15, 0.2) is 15.8 Å². The van der Waals surface area contributed by atoms with Gasteiger partial charge in [-0.25, -0.2) is 8.42 Å². The maximum atomic E-state index is 11.9. The molecule has 0 bridgehead atoms. The number of guanidine groups is 1. The smallest absolute Gasteiger partial charge is 0.222 e. The lowest BCUT2D eigenvalue weighted by Gasteiger charge is -2.13. The molecule has 0 aromatic heterocycles. The summed E-state index contributed by atoms with van der Waals surface area (Å²) in [7, 11) is -1.32. The fraction of sp³-hybridized carbons (Fsp3) is 0.556. The number of ether oxygens (including phenoxy) is 1. The highest BCUT2D eigenvalue weighted by molar-refractivity contribution is 14.0. The second kappa shape index (κ2) is 12.8. The van der Waals surface area contributed by atoms with Crippen molar-refractivity contribution in [1.82, 2.24) is 16.0 Å². The van der Waals surface area contributed by atoms with Crippen molar-refractivity contribution < 1.29 is 17.9 Å². The Hall–Kier alpha value is -1.56. The summed E-state index contributed by atoms with van der Waals surface area (Å²) < 4.78 is 28.4. The Morgan fingerprint density at radius 3 is 2.57 bits per heavy atom. The number of rotatable bonds is 9. The van der Waals surface area contributed by atoms with Gasteiger partial charge >= 0.3 is 0 Å². The summed E-state index contributed by atoms with van der Waals surface area (Å²) in [5.41, 5.74) is 0. The van der Waals surface area contributed by atoms with Gasteiger partial charge in [-0.3, -0.25) is 9.79 Å². The Balaban J connectivity index is 0.00000392. The van der Waals surface area contributed by atoms with Crippen LogP contribution in [0.3, 0.4) is 0 Å². The predicted octanol–water partition coefficient (Wildman–Crippen LogP) is 0.932. The Bertz CT molecular complexity index is 728. The maximum Gasteiger partial charge on any atom is 0.222 e. The van der Waals surface area contributed by atoms with Crippen molar-refractivity contribution in [3.8, 4) is 5.75 Å². The first-order valence-corrected chi connectivity index (χ1v) is 10.9. The van der Waals surface area contributed by atoms with Crippen LogP contribution in [0.1, 0.15) is 19.3 Å². The fourth-order valence-electron chi connectivity index (χ4n) is 2.71. The largest absolute Gasteiger partial charge is 0.494 e. The summed E-state index contributed by atoms with van der Waals surface area (Å²) in [5, 5.41) is 9.00. The van der Waals surface area contributed by atoms with Crippen molar-refractivity contribution in [1.29, 1.82) is 0 Å². The van der Waals surface area contributed by atoms with Crippen molar-refractivity contribution in [3.05, 3.63) is 30.3 Å². The van der Waals surface area contributed by atoms with Crippen LogP contribution in [-0.4, -0.2) is 64.6 Å². The molecule has 1 amide bonds. The molecule has 2 rings (SSSR count). The molecular weight excluding hydrogens is 495 g/mol. The Morgan fingerprint density at radius 2 is 1.93 bits per heavy atom. The number of para-hydroxylation sites is 1. The number of nitrogens with one attached hydrogen (secondary N) is 3. The van der Waals surface area contributed by atoms with Gasteiger partial charge in [0.05, 0.1) is 18.1 Å². The van der Waals surface area contributed by atoms with Crippen LogP contribution in [0, 0.1) is 0 Å². The van der Waals surface area contributed by atoms with Gasteiger partial charge in [-0.1, -0.05) is 18.2 Å². The number of hydrogen-bond acceptors (Lipinski definition) is 5. The van der Waals surface area contributed by atoms with Gasteiger partial charge in [0.1, 0.15) is 5.75 Å². The molecule has 0 saturated carbocycles. The van der Waals surface area contributed by atoms with E-state index in [-0.39, 0.29) is 53.9 Å². The number of amides is 1. The number of nitrogens with zero attached hydrogens (tertiary/aromatic N) is 1. The number of carbonyl (C=O) groups is 1. The Kier molecular flexibility index (Phi) is 11.2. The van der Waals surface area contributed by atoms with E-state index in [0.717, 1.165) is 12.2 Å². The van der Waals surface area contributed by atoms with Gasteiger partial charge in [0.2, 0.25) is 5.91 Å². The van der Waals surface area contributed by atoms with Crippen LogP contribution in [0.4, 0.5) is 0 Å². The lowest BCUT2D eigenvalue weighted by Crippen LogP contribution is -2.41. The molecule has 1 saturated heterocycles. The van der Waals surface area contributed by atoms with Gasteiger partial charge < -0.3 is 20.7 Å². The third-order valence-corrected chi connectivity index (χ3v) is 5.86. The van der Waals surface area contributed by atoms with E-state index in [4.69, 9.17) is 4.74 Å². The Labute approximate surface area is 183 Å². The first-order valence-electron chi connectivity index (χ1n) is 9.10. The lowest BCUT2D eigenvalue weighted by atomic mass is 10.2. The number of aliphatic imine (C=N–C) groups is 1. The highest BCUT2D eigenvalue weighted by atomic mass is 127. The monoisotopic (exact) mass is 524 g/mol. The molecule has 1 aromatic carbocycles. The molecule has 1 heterocycles. The topological polar surface area (TPSA) is 109 Å². The predicted molar refractivity (Wildman–Crippen MR) is 121 cm³/mol. The zero-order valence-electron chi connectivity index (χ0n) is 16.0. The molecule has 1 aromatic rings. The highest BCUT2D eigenvalue weighted by Crippen LogP contribution is 2.11. The van der Waals surface area contributed by atoms with E-state index in [0.29, 0.717) is 32.1 Å². The minimum Gasteiger partial charge on any atom is -0.494 e. The van der Waals surface area contributed by atoms with Crippen molar-refractivity contribution in [3.63, 3.8) is 0 Å². The average molecular weight is 524 g/mol. The summed E-state index contributed by atoms with van der Waals surface area (Å²) in [6.07, 6.45) is 1.57. The molecule has 0 aliphatic carbocycles. The van der Waals surface area contributed by atoms with Crippen LogP contribution in [-0.2, 0) is 14.6 Å². The second-order valence-corrected chi connectivity index (χ2v) is 8.59. The highest BCUT2D eigenvalue weighted by Gasteiger charge is 2.28. The third-order valence-electron chi connectivity index (χ3n) is 4.09. The van der Waals surface area contributed by atoms with E-state index >= 15 is 0 Å². The van der Waals surface area contributed by atoms with Crippen molar-refractivity contribution in [2.45, 2.75) is 25.3 Å². The van der Waals surface area contributed by atoms with E-state index in [1.54, 1.807) is 7.05 Å². The normalized spacial score (nSPS) is 18.0. The van der Waals surface area contributed by atoms with Crippen LogP contribution in [0.25, 0.3) is 0 Å². The van der Waals surface area contributed by atoms with Crippen molar-refractivity contribution in [2.75, 3.05) is 38.2 Å². The quantitative estimate of drug-likeness (QED) is 0.192. The first kappa shape index (κ1) is 24.5. The molecular formula is C18H29IN4O4S. The van der Waals surface area contributed by atoms with Crippen LogP contribution in [0.2, 0.25) is 0 Å². The van der Waals surface area contributed by atoms with E-state index in [1.807, 2.05) is 30.3 Å². The molecule has 8 nitrogen and oxygen atoms in total. The van der Waals surface area contributed by atoms with Gasteiger partial charge in [-0.2, -0.15) is 0 Å². The van der Waals surface area contributed by atoms with Gasteiger partial charge in [0, 0.05) is 32.6 Å². The molecule has 1 atom stereocenters. The van der Waals surface area contributed by atoms with Crippen LogP contribution in [0.5, 0.6) is 5.75 Å². The third kappa shape index (κ3) is 9.58. The summed E-state index contributed by atoms with van der Waals surface area (Å²) in [4.78, 5) is 16.0. The summed E-state index contributed by atoms with van der Waals surface area (Å²) >= 11 is 0. The SMILES string of the molecule is CN=C(NCCCOc1ccccc1)NCCC(=O)NC1CCS(=O)(=O)C1.I. The Morgan fingerprint density at radius 1 is 1.21 bits per heavy atom. The molecule has 1 unspecified atom stereocenters. The van der Waals surface area contributed by atoms with Crippen molar-refractivity contribution >= 4 is 45.7 Å². The van der Waals surface area contributed by atoms with E-state index < -0.39 is 9.84 Å². The number of halogens is 1. The van der Waals surface area contributed by atoms with Gasteiger partial charge in [-0.15, -0.1) is 24.0 Å². The molecule has 1 fully saturated rings. The molecule has 158 valence electrons. The maximum absolute atomic E-state index is 11.9. The first-order chi connectivity index (χ1) is 13.0. The van der Waals surface area contributed by atoms with Gasteiger partial charge in [-0.05, 0) is 25.0 Å². The molecule has 0 spiro atoms. The molecule has 10 heteroatoms. The lowest BCUT2D eigenvalue weighted by molar-refractivity contribution is -0.121. The summed E-state index contributed by atoms with van der Waals surface area (Å²) in [6.45, 7) is 1.71. The number of carbonyl (C=O) groups excluding carboxylic acids is 1. The number of sulfone groups is 1.